The Labute approximate surface area is 122 Å². The molecule has 0 aliphatic carbocycles. The van der Waals surface area contributed by atoms with Crippen LogP contribution in [-0.4, -0.2) is 51.0 Å². The van der Waals surface area contributed by atoms with Crippen LogP contribution in [0.5, 0.6) is 0 Å². The van der Waals surface area contributed by atoms with E-state index in [2.05, 4.69) is 29.3 Å². The highest BCUT2D eigenvalue weighted by Crippen LogP contribution is 2.22. The van der Waals surface area contributed by atoms with Crippen LogP contribution < -0.4 is 5.32 Å². The zero-order valence-corrected chi connectivity index (χ0v) is 12.9. The lowest BCUT2D eigenvalue weighted by Crippen LogP contribution is -2.45. The molecule has 1 aromatic rings. The van der Waals surface area contributed by atoms with E-state index in [4.69, 9.17) is 0 Å². The smallest absolute Gasteiger partial charge is 0.152 e. The van der Waals surface area contributed by atoms with E-state index in [1.165, 1.54) is 5.56 Å². The van der Waals surface area contributed by atoms with Crippen LogP contribution in [0.15, 0.2) is 30.3 Å². The summed E-state index contributed by atoms with van der Waals surface area (Å²) in [5.74, 6) is 0.564. The molecule has 0 amide bonds. The molecule has 1 N–H and O–H groups in total. The SMILES string of the molecule is CCCNCC(c1ccccc1)N1CCS(=O)(=O)CC1. The average Bonchev–Trinajstić information content (AvgIpc) is 2.45. The maximum absolute atomic E-state index is 11.6. The third-order valence-electron chi connectivity index (χ3n) is 3.77. The summed E-state index contributed by atoms with van der Waals surface area (Å²) >= 11 is 0. The van der Waals surface area contributed by atoms with E-state index in [9.17, 15) is 8.42 Å². The second-order valence-electron chi connectivity index (χ2n) is 5.32. The molecule has 1 fully saturated rings. The molecule has 1 aromatic carbocycles. The van der Waals surface area contributed by atoms with E-state index in [0.717, 1.165) is 19.5 Å². The number of hydrogen-bond acceptors (Lipinski definition) is 4. The molecule has 20 heavy (non-hydrogen) atoms. The molecule has 0 aromatic heterocycles. The predicted octanol–water partition coefficient (Wildman–Crippen LogP) is 1.46. The first-order chi connectivity index (χ1) is 9.62. The first-order valence-corrected chi connectivity index (χ1v) is 9.14. The number of nitrogens with one attached hydrogen (secondary N) is 1. The molecule has 0 spiro atoms. The third-order valence-corrected chi connectivity index (χ3v) is 5.38. The van der Waals surface area contributed by atoms with Crippen molar-refractivity contribution in [3.8, 4) is 0 Å². The minimum atomic E-state index is -2.82. The number of nitrogens with zero attached hydrogens (tertiary/aromatic N) is 1. The van der Waals surface area contributed by atoms with Gasteiger partial charge in [-0.05, 0) is 18.5 Å². The van der Waals surface area contributed by atoms with Crippen molar-refractivity contribution in [2.45, 2.75) is 19.4 Å². The van der Waals surface area contributed by atoms with Crippen molar-refractivity contribution in [3.63, 3.8) is 0 Å². The molecule has 1 saturated heterocycles. The number of rotatable bonds is 6. The van der Waals surface area contributed by atoms with Gasteiger partial charge in [0, 0.05) is 25.7 Å². The van der Waals surface area contributed by atoms with E-state index in [1.807, 2.05) is 18.2 Å². The van der Waals surface area contributed by atoms with Gasteiger partial charge in [-0.15, -0.1) is 0 Å². The first kappa shape index (κ1) is 15.5. The zero-order valence-electron chi connectivity index (χ0n) is 12.1. The molecule has 0 bridgehead atoms. The lowest BCUT2D eigenvalue weighted by molar-refractivity contribution is 0.209. The normalized spacial score (nSPS) is 20.6. The summed E-state index contributed by atoms with van der Waals surface area (Å²) in [7, 11) is -2.82. The van der Waals surface area contributed by atoms with Crippen LogP contribution in [0.25, 0.3) is 0 Å². The van der Waals surface area contributed by atoms with E-state index in [1.54, 1.807) is 0 Å². The molecule has 1 heterocycles. The number of hydrogen-bond donors (Lipinski definition) is 1. The molecule has 1 unspecified atom stereocenters. The highest BCUT2D eigenvalue weighted by atomic mass is 32.2. The third kappa shape index (κ3) is 4.30. The van der Waals surface area contributed by atoms with Crippen molar-refractivity contribution in [1.29, 1.82) is 0 Å². The summed E-state index contributed by atoms with van der Waals surface area (Å²) in [4.78, 5) is 2.29. The molecule has 1 aliphatic rings. The molecule has 1 aliphatic heterocycles. The Balaban J connectivity index is 2.06. The van der Waals surface area contributed by atoms with Gasteiger partial charge in [0.15, 0.2) is 9.84 Å². The van der Waals surface area contributed by atoms with Gasteiger partial charge in [-0.3, -0.25) is 4.90 Å². The monoisotopic (exact) mass is 296 g/mol. The first-order valence-electron chi connectivity index (χ1n) is 7.32. The maximum atomic E-state index is 11.6. The predicted molar refractivity (Wildman–Crippen MR) is 82.6 cm³/mol. The van der Waals surface area contributed by atoms with Gasteiger partial charge in [-0.25, -0.2) is 8.42 Å². The van der Waals surface area contributed by atoms with Crippen LogP contribution in [0.3, 0.4) is 0 Å². The highest BCUT2D eigenvalue weighted by Gasteiger charge is 2.27. The number of sulfone groups is 1. The van der Waals surface area contributed by atoms with Crippen molar-refractivity contribution in [1.82, 2.24) is 10.2 Å². The van der Waals surface area contributed by atoms with E-state index >= 15 is 0 Å². The van der Waals surface area contributed by atoms with Crippen molar-refractivity contribution in [2.75, 3.05) is 37.7 Å². The summed E-state index contributed by atoms with van der Waals surface area (Å²) in [5.41, 5.74) is 1.26. The van der Waals surface area contributed by atoms with Crippen LogP contribution in [0.4, 0.5) is 0 Å². The Morgan fingerprint density at radius 3 is 2.45 bits per heavy atom. The largest absolute Gasteiger partial charge is 0.315 e. The molecule has 4 nitrogen and oxygen atoms in total. The fourth-order valence-corrected chi connectivity index (χ4v) is 3.82. The average molecular weight is 296 g/mol. The topological polar surface area (TPSA) is 49.4 Å². The van der Waals surface area contributed by atoms with Gasteiger partial charge in [0.05, 0.1) is 11.5 Å². The standard InChI is InChI=1S/C15H24N2O2S/c1-2-8-16-13-15(14-6-4-3-5-7-14)17-9-11-20(18,19)12-10-17/h3-7,15-16H,2,8-13H2,1H3. The van der Waals surface area contributed by atoms with Gasteiger partial charge in [-0.2, -0.15) is 0 Å². The minimum Gasteiger partial charge on any atom is -0.315 e. The molecule has 112 valence electrons. The quantitative estimate of drug-likeness (QED) is 0.808. The van der Waals surface area contributed by atoms with E-state index < -0.39 is 9.84 Å². The summed E-state index contributed by atoms with van der Waals surface area (Å²) < 4.78 is 23.1. The van der Waals surface area contributed by atoms with Crippen LogP contribution in [0.1, 0.15) is 24.9 Å². The van der Waals surface area contributed by atoms with Crippen LogP contribution in [-0.2, 0) is 9.84 Å². The van der Waals surface area contributed by atoms with E-state index in [0.29, 0.717) is 13.1 Å². The van der Waals surface area contributed by atoms with Crippen molar-refractivity contribution in [3.05, 3.63) is 35.9 Å². The molecule has 0 saturated carbocycles. The Morgan fingerprint density at radius 2 is 1.85 bits per heavy atom. The molecule has 0 radical (unpaired) electrons. The van der Waals surface area contributed by atoms with Gasteiger partial charge in [0.25, 0.3) is 0 Å². The lowest BCUT2D eigenvalue weighted by Gasteiger charge is -2.35. The van der Waals surface area contributed by atoms with Crippen LogP contribution >= 0.6 is 0 Å². The Hall–Kier alpha value is -0.910. The summed E-state index contributed by atoms with van der Waals surface area (Å²) in [6.45, 7) is 5.29. The Kier molecular flexibility index (Phi) is 5.57. The fraction of sp³-hybridized carbons (Fsp3) is 0.600. The van der Waals surface area contributed by atoms with Crippen LogP contribution in [0, 0.1) is 0 Å². The van der Waals surface area contributed by atoms with Crippen molar-refractivity contribution >= 4 is 9.84 Å². The lowest BCUT2D eigenvalue weighted by atomic mass is 10.1. The minimum absolute atomic E-state index is 0.262. The van der Waals surface area contributed by atoms with Crippen LogP contribution in [0.2, 0.25) is 0 Å². The molecule has 5 heteroatoms. The molecular weight excluding hydrogens is 272 g/mol. The summed E-state index contributed by atoms with van der Waals surface area (Å²) in [6, 6.07) is 10.6. The van der Waals surface area contributed by atoms with E-state index in [-0.39, 0.29) is 17.5 Å². The van der Waals surface area contributed by atoms with Crippen molar-refractivity contribution < 1.29 is 8.42 Å². The Morgan fingerprint density at radius 1 is 1.20 bits per heavy atom. The fourth-order valence-electron chi connectivity index (χ4n) is 2.59. The second-order valence-corrected chi connectivity index (χ2v) is 7.62. The number of benzene rings is 1. The van der Waals surface area contributed by atoms with Gasteiger partial charge in [-0.1, -0.05) is 37.3 Å². The molecular formula is C15H24N2O2S. The zero-order chi connectivity index (χ0) is 14.4. The Bertz CT molecular complexity index is 488. The van der Waals surface area contributed by atoms with Crippen molar-refractivity contribution in [2.24, 2.45) is 0 Å². The molecule has 2 rings (SSSR count). The van der Waals surface area contributed by atoms with Gasteiger partial charge in [0.1, 0.15) is 0 Å². The second kappa shape index (κ2) is 7.20. The van der Waals surface area contributed by atoms with Gasteiger partial charge < -0.3 is 5.32 Å². The highest BCUT2D eigenvalue weighted by molar-refractivity contribution is 7.91. The maximum Gasteiger partial charge on any atom is 0.152 e. The van der Waals surface area contributed by atoms with Gasteiger partial charge >= 0.3 is 0 Å². The summed E-state index contributed by atoms with van der Waals surface area (Å²) in [6.07, 6.45) is 1.11. The summed E-state index contributed by atoms with van der Waals surface area (Å²) in [5, 5.41) is 3.46. The molecule has 1 atom stereocenters. The van der Waals surface area contributed by atoms with Gasteiger partial charge in [0.2, 0.25) is 0 Å².